The van der Waals surface area contributed by atoms with E-state index in [9.17, 15) is 4.79 Å². The molecule has 1 amide bonds. The maximum Gasteiger partial charge on any atom is 0.223 e. The minimum atomic E-state index is 0.208. The number of hydrogen-bond acceptors (Lipinski definition) is 1. The summed E-state index contributed by atoms with van der Waals surface area (Å²) in [6.07, 6.45) is 3.24. The lowest BCUT2D eigenvalue weighted by Crippen LogP contribution is -2.27. The van der Waals surface area contributed by atoms with Crippen LogP contribution in [-0.2, 0) is 11.2 Å². The number of carbonyl (C=O) groups is 1. The molecule has 0 bridgehead atoms. The predicted molar refractivity (Wildman–Crippen MR) is 75.1 cm³/mol. The summed E-state index contributed by atoms with van der Waals surface area (Å²) in [5.41, 5.74) is 1.10. The quantitative estimate of drug-likeness (QED) is 0.774. The Bertz CT molecular complexity index is 473. The predicted octanol–water partition coefficient (Wildman–Crippen LogP) is 3.57. The molecule has 1 fully saturated rings. The molecule has 1 unspecified atom stereocenters. The van der Waals surface area contributed by atoms with E-state index >= 15 is 0 Å². The highest BCUT2D eigenvalue weighted by Gasteiger charge is 2.26. The average molecular weight is 284 g/mol. The molecule has 1 atom stereocenters. The van der Waals surface area contributed by atoms with Gasteiger partial charge in [-0.3, -0.25) is 4.79 Å². The number of halogens is 2. The van der Waals surface area contributed by atoms with Gasteiger partial charge in [-0.2, -0.15) is 0 Å². The molecule has 1 heterocycles. The van der Waals surface area contributed by atoms with E-state index in [2.05, 4.69) is 6.58 Å². The zero-order valence-corrected chi connectivity index (χ0v) is 11.5. The molecule has 18 heavy (non-hydrogen) atoms. The van der Waals surface area contributed by atoms with Crippen molar-refractivity contribution in [2.24, 2.45) is 5.92 Å². The van der Waals surface area contributed by atoms with Crippen molar-refractivity contribution >= 4 is 29.1 Å². The molecule has 2 rings (SSSR count). The van der Waals surface area contributed by atoms with Crippen LogP contribution in [-0.4, -0.2) is 23.9 Å². The Morgan fingerprint density at radius 1 is 1.39 bits per heavy atom. The minimum absolute atomic E-state index is 0.208. The van der Waals surface area contributed by atoms with Crippen LogP contribution in [0.3, 0.4) is 0 Å². The smallest absolute Gasteiger partial charge is 0.223 e. The van der Waals surface area contributed by atoms with Gasteiger partial charge in [0.15, 0.2) is 0 Å². The first kappa shape index (κ1) is 13.4. The van der Waals surface area contributed by atoms with Gasteiger partial charge >= 0.3 is 0 Å². The fourth-order valence-electron chi connectivity index (χ4n) is 2.14. The summed E-state index contributed by atoms with van der Waals surface area (Å²) in [5.74, 6) is 0.506. The van der Waals surface area contributed by atoms with Crippen LogP contribution in [0.2, 0.25) is 10.0 Å². The van der Waals surface area contributed by atoms with E-state index in [4.69, 9.17) is 23.2 Å². The van der Waals surface area contributed by atoms with Gasteiger partial charge in [0.2, 0.25) is 5.91 Å². The third-order valence-electron chi connectivity index (χ3n) is 3.23. The lowest BCUT2D eigenvalue weighted by Gasteiger charge is -2.16. The van der Waals surface area contributed by atoms with Gasteiger partial charge in [0.25, 0.3) is 0 Å². The minimum Gasteiger partial charge on any atom is -0.342 e. The maximum atomic E-state index is 11.7. The molecule has 1 aromatic carbocycles. The first-order valence-electron chi connectivity index (χ1n) is 5.94. The summed E-state index contributed by atoms with van der Waals surface area (Å²) in [6.45, 7) is 5.24. The van der Waals surface area contributed by atoms with E-state index in [0.29, 0.717) is 22.4 Å². The highest BCUT2D eigenvalue weighted by molar-refractivity contribution is 6.42. The van der Waals surface area contributed by atoms with Crippen LogP contribution >= 0.6 is 23.2 Å². The van der Waals surface area contributed by atoms with Crippen LogP contribution < -0.4 is 0 Å². The summed E-state index contributed by atoms with van der Waals surface area (Å²) in [6, 6.07) is 5.59. The molecule has 0 aliphatic carbocycles. The molecular weight excluding hydrogens is 269 g/mol. The molecule has 2 nitrogen and oxygen atoms in total. The lowest BCUT2D eigenvalue weighted by molar-refractivity contribution is -0.127. The number of amides is 1. The Hall–Kier alpha value is -0.990. The van der Waals surface area contributed by atoms with Crippen LogP contribution in [0.15, 0.2) is 30.9 Å². The van der Waals surface area contributed by atoms with E-state index in [-0.39, 0.29) is 5.91 Å². The van der Waals surface area contributed by atoms with E-state index in [1.54, 1.807) is 6.07 Å². The molecule has 1 aliphatic heterocycles. The molecule has 0 N–H and O–H groups in total. The van der Waals surface area contributed by atoms with Crippen molar-refractivity contribution < 1.29 is 4.79 Å². The molecule has 4 heteroatoms. The number of likely N-dealkylation sites (tertiary alicyclic amines) is 1. The first-order chi connectivity index (χ1) is 8.60. The van der Waals surface area contributed by atoms with Crippen LogP contribution in [0.1, 0.15) is 12.0 Å². The Labute approximate surface area is 117 Å². The summed E-state index contributed by atoms with van der Waals surface area (Å²) in [5, 5.41) is 1.12. The molecule has 0 aromatic heterocycles. The van der Waals surface area contributed by atoms with Crippen molar-refractivity contribution in [1.82, 2.24) is 4.90 Å². The average Bonchev–Trinajstić information content (AvgIpc) is 2.72. The van der Waals surface area contributed by atoms with Crippen molar-refractivity contribution in [1.29, 1.82) is 0 Å². The van der Waals surface area contributed by atoms with Crippen molar-refractivity contribution in [2.75, 3.05) is 13.1 Å². The van der Waals surface area contributed by atoms with E-state index in [1.165, 1.54) is 0 Å². The molecular formula is C14H15Cl2NO. The Balaban J connectivity index is 1.93. The van der Waals surface area contributed by atoms with Gasteiger partial charge in [-0.25, -0.2) is 0 Å². The fraction of sp³-hybridized carbons (Fsp3) is 0.357. The first-order valence-corrected chi connectivity index (χ1v) is 6.70. The number of nitrogens with zero attached hydrogens (tertiary/aromatic N) is 1. The lowest BCUT2D eigenvalue weighted by atomic mass is 10.1. The second-order valence-corrected chi connectivity index (χ2v) is 5.35. The standard InChI is InChI=1S/C14H15Cl2NO/c1-2-10-8-14(18)17(9-10)6-5-11-3-4-12(15)13(16)7-11/h2-4,7,10H,1,5-6,8-9H2. The Morgan fingerprint density at radius 3 is 2.78 bits per heavy atom. The summed E-state index contributed by atoms with van der Waals surface area (Å²) in [7, 11) is 0. The zero-order valence-electron chi connectivity index (χ0n) is 10.0. The number of rotatable bonds is 4. The molecule has 1 aromatic rings. The monoisotopic (exact) mass is 283 g/mol. The Kier molecular flexibility index (Phi) is 4.31. The summed E-state index contributed by atoms with van der Waals surface area (Å²) in [4.78, 5) is 13.6. The van der Waals surface area contributed by atoms with Crippen LogP contribution in [0.25, 0.3) is 0 Å². The van der Waals surface area contributed by atoms with Gasteiger partial charge in [-0.1, -0.05) is 35.3 Å². The maximum absolute atomic E-state index is 11.7. The van der Waals surface area contributed by atoms with Gasteiger partial charge in [0, 0.05) is 25.4 Å². The summed E-state index contributed by atoms with van der Waals surface area (Å²) < 4.78 is 0. The van der Waals surface area contributed by atoms with Crippen molar-refractivity contribution in [3.63, 3.8) is 0 Å². The van der Waals surface area contributed by atoms with Crippen LogP contribution in [0.4, 0.5) is 0 Å². The van der Waals surface area contributed by atoms with Gasteiger partial charge in [0.05, 0.1) is 10.0 Å². The number of hydrogen-bond donors (Lipinski definition) is 0. The van der Waals surface area contributed by atoms with E-state index in [1.807, 2.05) is 23.1 Å². The molecule has 1 aliphatic rings. The molecule has 0 saturated carbocycles. The SMILES string of the molecule is C=CC1CC(=O)N(CCc2ccc(Cl)c(Cl)c2)C1. The van der Waals surface area contributed by atoms with Crippen molar-refractivity contribution in [3.8, 4) is 0 Å². The summed E-state index contributed by atoms with van der Waals surface area (Å²) >= 11 is 11.8. The number of benzene rings is 1. The zero-order chi connectivity index (χ0) is 13.1. The van der Waals surface area contributed by atoms with Crippen LogP contribution in [0, 0.1) is 5.92 Å². The van der Waals surface area contributed by atoms with Gasteiger partial charge in [-0.05, 0) is 24.1 Å². The van der Waals surface area contributed by atoms with Gasteiger partial charge in [-0.15, -0.1) is 6.58 Å². The molecule has 0 radical (unpaired) electrons. The van der Waals surface area contributed by atoms with Crippen molar-refractivity contribution in [2.45, 2.75) is 12.8 Å². The van der Waals surface area contributed by atoms with Crippen LogP contribution in [0.5, 0.6) is 0 Å². The molecule has 1 saturated heterocycles. The fourth-order valence-corrected chi connectivity index (χ4v) is 2.46. The number of carbonyl (C=O) groups excluding carboxylic acids is 1. The van der Waals surface area contributed by atoms with Gasteiger partial charge < -0.3 is 4.90 Å². The second-order valence-electron chi connectivity index (χ2n) is 4.54. The van der Waals surface area contributed by atoms with E-state index < -0.39 is 0 Å². The highest BCUT2D eigenvalue weighted by atomic mass is 35.5. The Morgan fingerprint density at radius 2 is 2.17 bits per heavy atom. The highest BCUT2D eigenvalue weighted by Crippen LogP contribution is 2.23. The van der Waals surface area contributed by atoms with Crippen molar-refractivity contribution in [3.05, 3.63) is 46.5 Å². The topological polar surface area (TPSA) is 20.3 Å². The normalized spacial score (nSPS) is 19.3. The van der Waals surface area contributed by atoms with Gasteiger partial charge in [0.1, 0.15) is 0 Å². The van der Waals surface area contributed by atoms with E-state index in [0.717, 1.165) is 25.1 Å². The third-order valence-corrected chi connectivity index (χ3v) is 3.97. The molecule has 96 valence electrons. The second kappa shape index (κ2) is 5.77. The molecule has 0 spiro atoms. The largest absolute Gasteiger partial charge is 0.342 e. The third kappa shape index (κ3) is 3.06.